The first-order valence-corrected chi connectivity index (χ1v) is 12.3. The van der Waals surface area contributed by atoms with Crippen molar-refractivity contribution in [3.8, 4) is 22.7 Å². The molecule has 37 heavy (non-hydrogen) atoms. The molecule has 0 saturated heterocycles. The highest BCUT2D eigenvalue weighted by Gasteiger charge is 2.19. The van der Waals surface area contributed by atoms with Gasteiger partial charge in [-0.2, -0.15) is 5.10 Å². The highest BCUT2D eigenvalue weighted by Crippen LogP contribution is 2.25. The number of amides is 3. The normalized spacial score (nSPS) is 10.6. The van der Waals surface area contributed by atoms with E-state index in [0.29, 0.717) is 40.9 Å². The predicted molar refractivity (Wildman–Crippen MR) is 147 cm³/mol. The van der Waals surface area contributed by atoms with Crippen LogP contribution in [0.4, 0.5) is 16.3 Å². The predicted octanol–water partition coefficient (Wildman–Crippen LogP) is 6.08. The monoisotopic (exact) mass is 517 g/mol. The Hall–Kier alpha value is -4.30. The highest BCUT2D eigenvalue weighted by molar-refractivity contribution is 6.30. The fraction of sp³-hybridized carbons (Fsp3) is 0.179. The minimum atomic E-state index is -0.363. The number of nitrogens with zero attached hydrogens (tertiary/aromatic N) is 3. The van der Waals surface area contributed by atoms with Crippen LogP contribution in [0.5, 0.6) is 5.75 Å². The van der Waals surface area contributed by atoms with E-state index in [1.807, 2.05) is 55.5 Å². The van der Waals surface area contributed by atoms with Gasteiger partial charge in [-0.15, -0.1) is 0 Å². The molecule has 0 aliphatic rings. The fourth-order valence-corrected chi connectivity index (χ4v) is 3.88. The molecule has 4 aromatic rings. The number of hydrogen-bond acceptors (Lipinski definition) is 4. The summed E-state index contributed by atoms with van der Waals surface area (Å²) < 4.78 is 6.81. The van der Waals surface area contributed by atoms with Crippen LogP contribution < -0.4 is 15.4 Å². The summed E-state index contributed by atoms with van der Waals surface area (Å²) in [6.07, 6.45) is 0.699. The number of carbonyl (C=O) groups excluding carboxylic acids is 2. The van der Waals surface area contributed by atoms with Crippen LogP contribution in [0.1, 0.15) is 13.3 Å². The van der Waals surface area contributed by atoms with Crippen molar-refractivity contribution in [2.24, 2.45) is 0 Å². The van der Waals surface area contributed by atoms with Crippen molar-refractivity contribution in [2.45, 2.75) is 13.3 Å². The molecule has 0 radical (unpaired) electrons. The molecule has 0 aliphatic heterocycles. The Morgan fingerprint density at radius 2 is 1.68 bits per heavy atom. The standard InChI is InChI=1S/C28H28ClN5O3/c1-3-17-33(28(36)30-22-11-15-24(37-2)16-12-22)19-27(35)31-26-18-25(20-7-5-4-6-8-20)32-34(26)23-13-9-21(29)10-14-23/h4-16,18H,3,17,19H2,1-2H3,(H,30,36)(H,31,35). The zero-order valence-electron chi connectivity index (χ0n) is 20.6. The summed E-state index contributed by atoms with van der Waals surface area (Å²) in [5.41, 5.74) is 2.97. The number of ether oxygens (including phenoxy) is 1. The van der Waals surface area contributed by atoms with Crippen LogP contribution in [0.25, 0.3) is 16.9 Å². The summed E-state index contributed by atoms with van der Waals surface area (Å²) in [6, 6.07) is 25.3. The average molecular weight is 518 g/mol. The number of nitrogens with one attached hydrogen (secondary N) is 2. The van der Waals surface area contributed by atoms with Crippen molar-refractivity contribution < 1.29 is 14.3 Å². The van der Waals surface area contributed by atoms with Crippen LogP contribution in [0, 0.1) is 0 Å². The average Bonchev–Trinajstić information content (AvgIpc) is 3.33. The van der Waals surface area contributed by atoms with Gasteiger partial charge >= 0.3 is 6.03 Å². The Balaban J connectivity index is 1.52. The third-order valence-electron chi connectivity index (χ3n) is 5.57. The van der Waals surface area contributed by atoms with Crippen molar-refractivity contribution in [3.63, 3.8) is 0 Å². The van der Waals surface area contributed by atoms with E-state index in [1.54, 1.807) is 48.2 Å². The summed E-state index contributed by atoms with van der Waals surface area (Å²) >= 11 is 6.07. The Morgan fingerprint density at radius 3 is 2.32 bits per heavy atom. The van der Waals surface area contributed by atoms with Crippen LogP contribution in [0.2, 0.25) is 5.02 Å². The Bertz CT molecular complexity index is 1340. The minimum absolute atomic E-state index is 0.123. The number of urea groups is 1. The molecule has 3 aromatic carbocycles. The van der Waals surface area contributed by atoms with Gasteiger partial charge in [0.25, 0.3) is 0 Å². The molecule has 3 amide bonds. The number of benzene rings is 3. The molecule has 1 aromatic heterocycles. The third kappa shape index (κ3) is 6.68. The molecule has 4 rings (SSSR count). The van der Waals surface area contributed by atoms with E-state index >= 15 is 0 Å². The molecular weight excluding hydrogens is 490 g/mol. The lowest BCUT2D eigenvalue weighted by Crippen LogP contribution is -2.41. The van der Waals surface area contributed by atoms with E-state index in [2.05, 4.69) is 10.6 Å². The minimum Gasteiger partial charge on any atom is -0.497 e. The van der Waals surface area contributed by atoms with Gasteiger partial charge < -0.3 is 20.3 Å². The molecule has 1 heterocycles. The van der Waals surface area contributed by atoms with Gasteiger partial charge in [-0.25, -0.2) is 9.48 Å². The third-order valence-corrected chi connectivity index (χ3v) is 5.83. The van der Waals surface area contributed by atoms with Crippen LogP contribution in [0.3, 0.4) is 0 Å². The van der Waals surface area contributed by atoms with E-state index < -0.39 is 0 Å². The van der Waals surface area contributed by atoms with Crippen molar-refractivity contribution in [1.82, 2.24) is 14.7 Å². The van der Waals surface area contributed by atoms with Gasteiger partial charge in [0.15, 0.2) is 0 Å². The number of rotatable bonds is 9. The number of anilines is 2. The van der Waals surface area contributed by atoms with Crippen molar-refractivity contribution in [3.05, 3.63) is 90.0 Å². The summed E-state index contributed by atoms with van der Waals surface area (Å²) in [5, 5.41) is 11.1. The first kappa shape index (κ1) is 25.8. The number of halogens is 1. The van der Waals surface area contributed by atoms with Gasteiger partial charge in [0.05, 0.1) is 18.5 Å². The van der Waals surface area contributed by atoms with Crippen molar-refractivity contribution in [2.75, 3.05) is 30.8 Å². The quantitative estimate of drug-likeness (QED) is 0.281. The van der Waals surface area contributed by atoms with Gasteiger partial charge in [0, 0.05) is 28.9 Å². The molecule has 8 nitrogen and oxygen atoms in total. The zero-order valence-corrected chi connectivity index (χ0v) is 21.4. The first-order valence-electron chi connectivity index (χ1n) is 11.9. The molecule has 0 unspecified atom stereocenters. The van der Waals surface area contributed by atoms with Gasteiger partial charge in [-0.3, -0.25) is 4.79 Å². The van der Waals surface area contributed by atoms with Crippen LogP contribution in [-0.2, 0) is 4.79 Å². The topological polar surface area (TPSA) is 88.5 Å². The molecule has 0 aliphatic carbocycles. The van der Waals surface area contributed by atoms with Crippen molar-refractivity contribution >= 4 is 35.0 Å². The summed E-state index contributed by atoms with van der Waals surface area (Å²) in [6.45, 7) is 2.25. The summed E-state index contributed by atoms with van der Waals surface area (Å²) in [4.78, 5) is 27.5. The lowest BCUT2D eigenvalue weighted by molar-refractivity contribution is -0.116. The number of methoxy groups -OCH3 is 1. The maximum absolute atomic E-state index is 13.1. The van der Waals surface area contributed by atoms with E-state index in [1.165, 1.54) is 4.90 Å². The Morgan fingerprint density at radius 1 is 0.973 bits per heavy atom. The molecule has 190 valence electrons. The Kier molecular flexibility index (Phi) is 8.43. The van der Waals surface area contributed by atoms with Gasteiger partial charge in [0.2, 0.25) is 5.91 Å². The van der Waals surface area contributed by atoms with E-state index in [0.717, 1.165) is 11.3 Å². The fourth-order valence-electron chi connectivity index (χ4n) is 3.75. The van der Waals surface area contributed by atoms with E-state index in [9.17, 15) is 9.59 Å². The lowest BCUT2D eigenvalue weighted by atomic mass is 10.1. The second-order valence-electron chi connectivity index (χ2n) is 8.30. The number of carbonyl (C=O) groups is 2. The number of hydrogen-bond donors (Lipinski definition) is 2. The van der Waals surface area contributed by atoms with Gasteiger partial charge in [-0.05, 0) is 55.0 Å². The first-order chi connectivity index (χ1) is 18.0. The largest absolute Gasteiger partial charge is 0.497 e. The maximum Gasteiger partial charge on any atom is 0.322 e. The smallest absolute Gasteiger partial charge is 0.322 e. The van der Waals surface area contributed by atoms with E-state index in [-0.39, 0.29) is 18.5 Å². The van der Waals surface area contributed by atoms with Crippen molar-refractivity contribution in [1.29, 1.82) is 0 Å². The van der Waals surface area contributed by atoms with Crippen LogP contribution >= 0.6 is 11.6 Å². The maximum atomic E-state index is 13.1. The molecule has 9 heteroatoms. The van der Waals surface area contributed by atoms with E-state index in [4.69, 9.17) is 21.4 Å². The zero-order chi connectivity index (χ0) is 26.2. The molecular formula is C28H28ClN5O3. The molecule has 0 atom stereocenters. The second kappa shape index (κ2) is 12.1. The summed E-state index contributed by atoms with van der Waals surface area (Å²) in [5.74, 6) is 0.834. The molecule has 2 N–H and O–H groups in total. The SMILES string of the molecule is CCCN(CC(=O)Nc1cc(-c2ccccc2)nn1-c1ccc(Cl)cc1)C(=O)Nc1ccc(OC)cc1. The molecule has 0 saturated carbocycles. The van der Waals surface area contributed by atoms with Crippen LogP contribution in [0.15, 0.2) is 84.9 Å². The molecule has 0 bridgehead atoms. The lowest BCUT2D eigenvalue weighted by Gasteiger charge is -2.22. The van der Waals surface area contributed by atoms with Gasteiger partial charge in [-0.1, -0.05) is 48.9 Å². The summed E-state index contributed by atoms with van der Waals surface area (Å²) in [7, 11) is 1.58. The van der Waals surface area contributed by atoms with Crippen LogP contribution in [-0.4, -0.2) is 46.8 Å². The molecule has 0 spiro atoms. The Labute approximate surface area is 220 Å². The number of aromatic nitrogens is 2. The molecule has 0 fully saturated rings. The van der Waals surface area contributed by atoms with Gasteiger partial charge in [0.1, 0.15) is 18.1 Å². The highest BCUT2D eigenvalue weighted by atomic mass is 35.5. The second-order valence-corrected chi connectivity index (χ2v) is 8.73.